The van der Waals surface area contributed by atoms with Gasteiger partial charge in [-0.3, -0.25) is 9.89 Å². The van der Waals surface area contributed by atoms with Crippen molar-refractivity contribution in [1.29, 1.82) is 0 Å². The highest BCUT2D eigenvalue weighted by atomic mass is 16.4. The Labute approximate surface area is 126 Å². The molecule has 1 aromatic carbocycles. The van der Waals surface area contributed by atoms with Crippen LogP contribution in [0.2, 0.25) is 0 Å². The first kappa shape index (κ1) is 15.7. The number of carboxylic acid groups (broad SMARTS) is 2. The summed E-state index contributed by atoms with van der Waals surface area (Å²) >= 11 is 0. The lowest BCUT2D eigenvalue weighted by atomic mass is 9.91. The zero-order valence-corrected chi connectivity index (χ0v) is 11.7. The fourth-order valence-corrected chi connectivity index (χ4v) is 2.14. The van der Waals surface area contributed by atoms with Crippen molar-refractivity contribution in [2.75, 3.05) is 0 Å². The van der Waals surface area contributed by atoms with Crippen LogP contribution in [0.25, 0.3) is 11.3 Å². The Morgan fingerprint density at radius 1 is 1.14 bits per heavy atom. The lowest BCUT2D eigenvalue weighted by Gasteiger charge is -2.21. The molecule has 1 heterocycles. The zero-order chi connectivity index (χ0) is 16.2. The predicted molar refractivity (Wildman–Crippen MR) is 77.2 cm³/mol. The van der Waals surface area contributed by atoms with E-state index < -0.39 is 24.0 Å². The molecule has 0 fully saturated rings. The van der Waals surface area contributed by atoms with Crippen LogP contribution >= 0.6 is 0 Å². The molecule has 22 heavy (non-hydrogen) atoms. The van der Waals surface area contributed by atoms with E-state index in [1.807, 2.05) is 18.2 Å². The van der Waals surface area contributed by atoms with Gasteiger partial charge in [0.05, 0.1) is 12.1 Å². The fourth-order valence-electron chi connectivity index (χ4n) is 2.14. The topological polar surface area (TPSA) is 124 Å². The van der Waals surface area contributed by atoms with Gasteiger partial charge in [0.25, 0.3) is 0 Å². The van der Waals surface area contributed by atoms with E-state index >= 15 is 0 Å². The number of H-pyrrole nitrogens is 1. The number of hydrogen-bond acceptors (Lipinski definition) is 4. The van der Waals surface area contributed by atoms with Crippen molar-refractivity contribution in [3.63, 3.8) is 0 Å². The third-order valence-corrected chi connectivity index (χ3v) is 3.43. The number of aryl methyl sites for hydroxylation is 1. The summed E-state index contributed by atoms with van der Waals surface area (Å²) in [4.78, 5) is 21.7. The van der Waals surface area contributed by atoms with E-state index in [9.17, 15) is 14.7 Å². The Hall–Kier alpha value is -2.67. The Morgan fingerprint density at radius 2 is 1.82 bits per heavy atom. The highest BCUT2D eigenvalue weighted by Gasteiger charge is 2.37. The number of aliphatic hydroxyl groups is 1. The molecule has 7 heteroatoms. The molecule has 0 aliphatic heterocycles. The molecule has 1 atom stereocenters. The molecule has 7 nitrogen and oxygen atoms in total. The quantitative estimate of drug-likeness (QED) is 0.611. The molecular weight excluding hydrogens is 288 g/mol. The first-order valence-electron chi connectivity index (χ1n) is 6.67. The van der Waals surface area contributed by atoms with Crippen LogP contribution in [0.15, 0.2) is 36.5 Å². The van der Waals surface area contributed by atoms with Gasteiger partial charge in [0, 0.05) is 6.20 Å². The molecule has 1 unspecified atom stereocenters. The second-order valence-corrected chi connectivity index (χ2v) is 5.07. The Morgan fingerprint density at radius 3 is 2.32 bits per heavy atom. The first-order valence-corrected chi connectivity index (χ1v) is 6.67. The van der Waals surface area contributed by atoms with Crippen molar-refractivity contribution in [3.05, 3.63) is 42.1 Å². The summed E-state index contributed by atoms with van der Waals surface area (Å²) in [5, 5.41) is 34.3. The van der Waals surface area contributed by atoms with Crippen molar-refractivity contribution < 1.29 is 24.9 Å². The molecule has 4 N–H and O–H groups in total. The summed E-state index contributed by atoms with van der Waals surface area (Å²) in [6.07, 6.45) is 0.911. The highest BCUT2D eigenvalue weighted by molar-refractivity contribution is 5.83. The summed E-state index contributed by atoms with van der Waals surface area (Å²) in [7, 11) is 0. The maximum Gasteiger partial charge on any atom is 0.336 e. The zero-order valence-electron chi connectivity index (χ0n) is 11.7. The van der Waals surface area contributed by atoms with E-state index in [1.165, 1.54) is 0 Å². The van der Waals surface area contributed by atoms with E-state index in [2.05, 4.69) is 10.2 Å². The third kappa shape index (κ3) is 3.70. The van der Waals surface area contributed by atoms with Crippen LogP contribution in [-0.2, 0) is 16.0 Å². The van der Waals surface area contributed by atoms with Gasteiger partial charge in [-0.25, -0.2) is 4.79 Å². The Kier molecular flexibility index (Phi) is 4.57. The van der Waals surface area contributed by atoms with Gasteiger partial charge in [0.2, 0.25) is 0 Å². The molecule has 0 aliphatic rings. The van der Waals surface area contributed by atoms with E-state index in [-0.39, 0.29) is 12.8 Å². The van der Waals surface area contributed by atoms with Crippen molar-refractivity contribution in [2.45, 2.75) is 24.9 Å². The number of aliphatic carboxylic acids is 2. The van der Waals surface area contributed by atoms with E-state index in [4.69, 9.17) is 10.2 Å². The van der Waals surface area contributed by atoms with Crippen molar-refractivity contribution in [3.8, 4) is 11.3 Å². The molecule has 0 bridgehead atoms. The van der Waals surface area contributed by atoms with Gasteiger partial charge < -0.3 is 15.3 Å². The predicted octanol–water partition coefficient (Wildman–Crippen LogP) is 1.30. The summed E-state index contributed by atoms with van der Waals surface area (Å²) in [5.74, 6) is -2.87. The van der Waals surface area contributed by atoms with Gasteiger partial charge in [-0.15, -0.1) is 0 Å². The SMILES string of the molecule is O=C(O)CC(O)(CCc1ccc(-c2ccn[nH]2)cc1)C(=O)O. The number of rotatable bonds is 7. The Balaban J connectivity index is 2.04. The van der Waals surface area contributed by atoms with E-state index in [0.717, 1.165) is 16.8 Å². The summed E-state index contributed by atoms with van der Waals surface area (Å²) < 4.78 is 0. The van der Waals surface area contributed by atoms with Crippen LogP contribution < -0.4 is 0 Å². The molecule has 0 radical (unpaired) electrons. The van der Waals surface area contributed by atoms with Gasteiger partial charge in [0.1, 0.15) is 0 Å². The van der Waals surface area contributed by atoms with Crippen LogP contribution in [0, 0.1) is 0 Å². The molecule has 0 amide bonds. The van der Waals surface area contributed by atoms with Gasteiger partial charge in [-0.2, -0.15) is 5.10 Å². The maximum atomic E-state index is 11.1. The number of aromatic amines is 1. The van der Waals surface area contributed by atoms with Gasteiger partial charge in [0.15, 0.2) is 5.60 Å². The van der Waals surface area contributed by atoms with Gasteiger partial charge >= 0.3 is 11.9 Å². The van der Waals surface area contributed by atoms with Crippen molar-refractivity contribution in [2.24, 2.45) is 0 Å². The monoisotopic (exact) mass is 304 g/mol. The van der Waals surface area contributed by atoms with Crippen LogP contribution in [-0.4, -0.2) is 43.1 Å². The number of nitrogens with zero attached hydrogens (tertiary/aromatic N) is 1. The average molecular weight is 304 g/mol. The maximum absolute atomic E-state index is 11.1. The molecule has 1 aromatic heterocycles. The molecule has 116 valence electrons. The number of carbonyl (C=O) groups is 2. The van der Waals surface area contributed by atoms with Crippen LogP contribution in [0.4, 0.5) is 0 Å². The van der Waals surface area contributed by atoms with Crippen molar-refractivity contribution in [1.82, 2.24) is 10.2 Å². The highest BCUT2D eigenvalue weighted by Crippen LogP contribution is 2.21. The lowest BCUT2D eigenvalue weighted by molar-refractivity contribution is -0.166. The molecule has 0 saturated heterocycles. The second-order valence-electron chi connectivity index (χ2n) is 5.07. The van der Waals surface area contributed by atoms with Crippen LogP contribution in [0.3, 0.4) is 0 Å². The minimum absolute atomic E-state index is 0.169. The van der Waals surface area contributed by atoms with Crippen LogP contribution in [0.1, 0.15) is 18.4 Å². The van der Waals surface area contributed by atoms with E-state index in [1.54, 1.807) is 18.3 Å². The van der Waals surface area contributed by atoms with E-state index in [0.29, 0.717) is 0 Å². The molecule has 2 rings (SSSR count). The number of carboxylic acids is 2. The Bertz CT molecular complexity index is 651. The second kappa shape index (κ2) is 6.40. The normalized spacial score (nSPS) is 13.5. The standard InChI is InChI=1S/C15H16N2O5/c18-13(19)9-15(22,14(20)21)7-5-10-1-3-11(4-2-10)12-6-8-16-17-12/h1-4,6,8,22H,5,7,9H2,(H,16,17)(H,18,19)(H,20,21). The summed E-state index contributed by atoms with van der Waals surface area (Å²) in [6, 6.07) is 9.13. The summed E-state index contributed by atoms with van der Waals surface area (Å²) in [6.45, 7) is 0. The fraction of sp³-hybridized carbons (Fsp3) is 0.267. The smallest absolute Gasteiger partial charge is 0.336 e. The summed E-state index contributed by atoms with van der Waals surface area (Å²) in [5.41, 5.74) is 0.349. The molecule has 0 spiro atoms. The van der Waals surface area contributed by atoms with Gasteiger partial charge in [-0.1, -0.05) is 24.3 Å². The largest absolute Gasteiger partial charge is 0.481 e. The molecule has 0 saturated carbocycles. The number of nitrogens with one attached hydrogen (secondary N) is 1. The molecule has 0 aliphatic carbocycles. The number of benzene rings is 1. The van der Waals surface area contributed by atoms with Crippen LogP contribution in [0.5, 0.6) is 0 Å². The van der Waals surface area contributed by atoms with Gasteiger partial charge in [-0.05, 0) is 30.0 Å². The number of hydrogen-bond donors (Lipinski definition) is 4. The molecular formula is C15H16N2O5. The molecule has 2 aromatic rings. The minimum atomic E-state index is -2.26. The minimum Gasteiger partial charge on any atom is -0.481 e. The lowest BCUT2D eigenvalue weighted by Crippen LogP contribution is -2.41. The number of aromatic nitrogens is 2. The third-order valence-electron chi connectivity index (χ3n) is 3.43. The van der Waals surface area contributed by atoms with Crippen molar-refractivity contribution >= 4 is 11.9 Å². The average Bonchev–Trinajstić information content (AvgIpc) is 2.99. The first-order chi connectivity index (χ1) is 10.4.